The monoisotopic (exact) mass is 507 g/mol. The van der Waals surface area contributed by atoms with Gasteiger partial charge in [0.25, 0.3) is 0 Å². The topological polar surface area (TPSA) is 38.7 Å². The first-order chi connectivity index (χ1) is 18.7. The van der Waals surface area contributed by atoms with Crippen molar-refractivity contribution in [2.24, 2.45) is 0 Å². The highest BCUT2D eigenvalue weighted by Gasteiger charge is 2.21. The van der Waals surface area contributed by atoms with E-state index in [1.54, 1.807) is 0 Å². The Labute approximate surface area is 226 Å². The molecule has 0 fully saturated rings. The molecule has 0 spiro atoms. The van der Waals surface area contributed by atoms with Gasteiger partial charge in [0.05, 0.1) is 0 Å². The van der Waals surface area contributed by atoms with Crippen LogP contribution in [0.3, 0.4) is 0 Å². The van der Waals surface area contributed by atoms with Crippen LogP contribution in [-0.4, -0.2) is 15.0 Å². The highest BCUT2D eigenvalue weighted by atomic mass is 35.5. The third kappa shape index (κ3) is 4.07. The Hall–Kier alpha value is -4.60. The van der Waals surface area contributed by atoms with Gasteiger partial charge in [0.2, 0.25) is 0 Å². The van der Waals surface area contributed by atoms with E-state index < -0.39 is 0 Å². The highest BCUT2D eigenvalue weighted by molar-refractivity contribution is 6.31. The first kappa shape index (κ1) is 22.6. The zero-order valence-electron chi connectivity index (χ0n) is 20.5. The summed E-state index contributed by atoms with van der Waals surface area (Å²) in [6, 6.07) is 41.4. The molecule has 7 rings (SSSR count). The molecule has 4 heteroatoms. The summed E-state index contributed by atoms with van der Waals surface area (Å²) >= 11 is 6.42. The summed E-state index contributed by atoms with van der Waals surface area (Å²) in [6.45, 7) is 0. The number of hydrogen-bond acceptors (Lipinski definition) is 3. The molecule has 0 saturated heterocycles. The molecule has 1 aliphatic rings. The maximum absolute atomic E-state index is 6.42. The molecule has 5 aromatic carbocycles. The number of hydrogen-bond donors (Lipinski definition) is 0. The predicted octanol–water partition coefficient (Wildman–Crippen LogP) is 8.76. The summed E-state index contributed by atoms with van der Waals surface area (Å²) < 4.78 is 0. The molecule has 6 aromatic rings. The molecule has 0 radical (unpaired) electrons. The number of aromatic nitrogens is 3. The summed E-state index contributed by atoms with van der Waals surface area (Å²) in [7, 11) is 0. The lowest BCUT2D eigenvalue weighted by atomic mass is 9.93. The average molecular weight is 508 g/mol. The van der Waals surface area contributed by atoms with Crippen LogP contribution in [0.15, 0.2) is 121 Å². The largest absolute Gasteiger partial charge is 0.208 e. The minimum Gasteiger partial charge on any atom is -0.208 e. The zero-order valence-corrected chi connectivity index (χ0v) is 21.2. The molecule has 0 aliphatic heterocycles. The van der Waals surface area contributed by atoms with Crippen LogP contribution in [0, 0.1) is 0 Å². The van der Waals surface area contributed by atoms with E-state index in [1.807, 2.05) is 66.7 Å². The Morgan fingerprint density at radius 2 is 0.895 bits per heavy atom. The van der Waals surface area contributed by atoms with E-state index in [9.17, 15) is 0 Å². The number of fused-ring (bicyclic) bond motifs is 5. The van der Waals surface area contributed by atoms with Crippen LogP contribution >= 0.6 is 11.6 Å². The van der Waals surface area contributed by atoms with Gasteiger partial charge in [0, 0.05) is 21.7 Å². The lowest BCUT2D eigenvalue weighted by Crippen LogP contribution is -2.00. The van der Waals surface area contributed by atoms with Gasteiger partial charge >= 0.3 is 0 Å². The van der Waals surface area contributed by atoms with Gasteiger partial charge in [0.1, 0.15) is 0 Å². The minimum atomic E-state index is 0.655. The Bertz CT molecular complexity index is 1740. The molecule has 1 aliphatic carbocycles. The van der Waals surface area contributed by atoms with Crippen molar-refractivity contribution in [2.45, 2.75) is 6.42 Å². The van der Waals surface area contributed by atoms with E-state index in [2.05, 4.69) is 54.6 Å². The van der Waals surface area contributed by atoms with Crippen molar-refractivity contribution >= 4 is 11.6 Å². The van der Waals surface area contributed by atoms with Crippen LogP contribution in [0.5, 0.6) is 0 Å². The highest BCUT2D eigenvalue weighted by Crippen LogP contribution is 2.42. The smallest absolute Gasteiger partial charge is 0.164 e. The first-order valence-corrected chi connectivity index (χ1v) is 13.0. The number of benzene rings is 5. The standard InChI is InChI=1S/C34H22ClN3/c35-27-18-17-25-19-24-15-16-26(20-30(24)28-13-7-8-14-29(28)31(25)21-27)34-37-32(22-9-3-1-4-10-22)36-33(38-34)23-11-5-2-6-12-23/h1-18,20-21H,19H2. The van der Waals surface area contributed by atoms with E-state index in [-0.39, 0.29) is 0 Å². The van der Waals surface area contributed by atoms with Gasteiger partial charge in [-0.25, -0.2) is 15.0 Å². The molecule has 1 heterocycles. The minimum absolute atomic E-state index is 0.655. The van der Waals surface area contributed by atoms with Gasteiger partial charge in [-0.1, -0.05) is 115 Å². The number of halogens is 1. The van der Waals surface area contributed by atoms with E-state index in [1.165, 1.54) is 33.4 Å². The molecule has 0 saturated carbocycles. The second-order valence-electron chi connectivity index (χ2n) is 9.43. The van der Waals surface area contributed by atoms with E-state index in [0.717, 1.165) is 28.1 Å². The van der Waals surface area contributed by atoms with E-state index >= 15 is 0 Å². The lowest BCUT2D eigenvalue weighted by Gasteiger charge is -2.13. The maximum Gasteiger partial charge on any atom is 0.164 e. The molecule has 1 aromatic heterocycles. The Balaban J connectivity index is 1.43. The predicted molar refractivity (Wildman–Crippen MR) is 155 cm³/mol. The van der Waals surface area contributed by atoms with Crippen molar-refractivity contribution in [3.05, 3.63) is 137 Å². The van der Waals surface area contributed by atoms with Crippen molar-refractivity contribution in [3.8, 4) is 56.4 Å². The Morgan fingerprint density at radius 1 is 0.421 bits per heavy atom. The fourth-order valence-corrected chi connectivity index (χ4v) is 5.34. The fourth-order valence-electron chi connectivity index (χ4n) is 5.17. The van der Waals surface area contributed by atoms with Crippen LogP contribution < -0.4 is 0 Å². The molecule has 38 heavy (non-hydrogen) atoms. The normalized spacial score (nSPS) is 11.7. The Kier molecular flexibility index (Phi) is 5.57. The van der Waals surface area contributed by atoms with Crippen LogP contribution in [0.25, 0.3) is 56.4 Å². The SMILES string of the molecule is Clc1ccc2c(c1)-c1ccccc1-c1cc(-c3nc(-c4ccccc4)nc(-c4ccccc4)n3)ccc1C2. The lowest BCUT2D eigenvalue weighted by molar-refractivity contribution is 1.07. The van der Waals surface area contributed by atoms with Gasteiger partial charge < -0.3 is 0 Å². The summed E-state index contributed by atoms with van der Waals surface area (Å²) in [5.74, 6) is 1.97. The maximum atomic E-state index is 6.42. The van der Waals surface area contributed by atoms with Crippen LogP contribution in [-0.2, 0) is 6.42 Å². The zero-order chi connectivity index (χ0) is 25.5. The average Bonchev–Trinajstić information content (AvgIpc) is 3.12. The molecule has 0 N–H and O–H groups in total. The van der Waals surface area contributed by atoms with Crippen molar-refractivity contribution in [1.29, 1.82) is 0 Å². The second-order valence-corrected chi connectivity index (χ2v) is 9.87. The van der Waals surface area contributed by atoms with Crippen molar-refractivity contribution in [1.82, 2.24) is 15.0 Å². The molecule has 0 atom stereocenters. The Morgan fingerprint density at radius 3 is 1.47 bits per heavy atom. The summed E-state index contributed by atoms with van der Waals surface area (Å²) in [6.07, 6.45) is 0.832. The molecular weight excluding hydrogens is 486 g/mol. The van der Waals surface area contributed by atoms with Crippen LogP contribution in [0.1, 0.15) is 11.1 Å². The third-order valence-corrected chi connectivity index (χ3v) is 7.26. The van der Waals surface area contributed by atoms with Gasteiger partial charge in [-0.3, -0.25) is 0 Å². The summed E-state index contributed by atoms with van der Waals surface area (Å²) in [5.41, 5.74) is 10.2. The molecule has 180 valence electrons. The summed E-state index contributed by atoms with van der Waals surface area (Å²) in [4.78, 5) is 14.7. The van der Waals surface area contributed by atoms with Gasteiger partial charge in [-0.2, -0.15) is 0 Å². The fraction of sp³-hybridized carbons (Fsp3) is 0.0294. The van der Waals surface area contributed by atoms with Gasteiger partial charge in [-0.15, -0.1) is 0 Å². The van der Waals surface area contributed by atoms with E-state index in [0.29, 0.717) is 17.5 Å². The van der Waals surface area contributed by atoms with Crippen molar-refractivity contribution in [2.75, 3.05) is 0 Å². The quantitative estimate of drug-likeness (QED) is 0.240. The molecule has 0 unspecified atom stereocenters. The van der Waals surface area contributed by atoms with Crippen molar-refractivity contribution < 1.29 is 0 Å². The summed E-state index contributed by atoms with van der Waals surface area (Å²) in [5, 5.41) is 0.747. The van der Waals surface area contributed by atoms with Crippen LogP contribution in [0.2, 0.25) is 5.02 Å². The van der Waals surface area contributed by atoms with E-state index in [4.69, 9.17) is 26.6 Å². The molecule has 0 amide bonds. The number of nitrogens with zero attached hydrogens (tertiary/aromatic N) is 3. The van der Waals surface area contributed by atoms with Crippen LogP contribution in [0.4, 0.5) is 0 Å². The first-order valence-electron chi connectivity index (χ1n) is 12.6. The molecule has 3 nitrogen and oxygen atoms in total. The molecular formula is C34H22ClN3. The molecule has 0 bridgehead atoms. The second kappa shape index (κ2) is 9.37. The van der Waals surface area contributed by atoms with Crippen molar-refractivity contribution in [3.63, 3.8) is 0 Å². The van der Waals surface area contributed by atoms with Gasteiger partial charge in [0.15, 0.2) is 17.5 Å². The van der Waals surface area contributed by atoms with Gasteiger partial charge in [-0.05, 0) is 58.0 Å². The third-order valence-electron chi connectivity index (χ3n) is 7.03. The number of rotatable bonds is 3.